The van der Waals surface area contributed by atoms with Gasteiger partial charge < -0.3 is 5.32 Å². The van der Waals surface area contributed by atoms with Crippen molar-refractivity contribution in [2.45, 2.75) is 12.8 Å². The molecule has 0 unspecified atom stereocenters. The normalized spacial score (nSPS) is 14.7. The van der Waals surface area contributed by atoms with Crippen LogP contribution in [0.1, 0.15) is 12.0 Å². The van der Waals surface area contributed by atoms with E-state index in [0.717, 1.165) is 19.4 Å². The molecule has 1 heterocycles. The number of hydrogen-bond acceptors (Lipinski definition) is 1. The number of benzene rings is 1. The molecule has 1 heteroatoms. The van der Waals surface area contributed by atoms with Gasteiger partial charge in [-0.05, 0) is 24.5 Å². The largest absolute Gasteiger partial charge is 0.385 e. The van der Waals surface area contributed by atoms with E-state index in [-0.39, 0.29) is 0 Å². The van der Waals surface area contributed by atoms with Crippen molar-refractivity contribution in [3.05, 3.63) is 59.8 Å². The number of nitrogens with one attached hydrogen (secondary N) is 1. The van der Waals surface area contributed by atoms with E-state index in [4.69, 9.17) is 0 Å². The molecule has 0 spiro atoms. The zero-order valence-electron chi connectivity index (χ0n) is 8.24. The first-order valence-corrected chi connectivity index (χ1v) is 5.08. The maximum absolute atomic E-state index is 3.36. The third-order valence-electron chi connectivity index (χ3n) is 2.41. The number of rotatable bonds is 3. The van der Waals surface area contributed by atoms with Gasteiger partial charge in [0.2, 0.25) is 0 Å². The van der Waals surface area contributed by atoms with E-state index in [0.29, 0.717) is 0 Å². The average molecular weight is 185 g/mol. The number of hydrogen-bond donors (Lipinski definition) is 1. The minimum atomic E-state index is 0.973. The molecule has 1 nitrogen and oxygen atoms in total. The van der Waals surface area contributed by atoms with Crippen LogP contribution in [0.2, 0.25) is 0 Å². The summed E-state index contributed by atoms with van der Waals surface area (Å²) in [5.41, 5.74) is 2.75. The standard InChI is InChI=1S/C13H15N/c1-2-6-12(7-3-1)9-10-13-8-4-5-11-14-13/h1-8,14H,9-11H2. The van der Waals surface area contributed by atoms with Gasteiger partial charge in [-0.15, -0.1) is 0 Å². The smallest absolute Gasteiger partial charge is 0.0330 e. The van der Waals surface area contributed by atoms with Crippen molar-refractivity contribution in [3.8, 4) is 0 Å². The molecule has 1 aliphatic heterocycles. The summed E-state index contributed by atoms with van der Waals surface area (Å²) in [5, 5.41) is 3.36. The van der Waals surface area contributed by atoms with Crippen LogP contribution < -0.4 is 5.32 Å². The molecule has 0 aromatic heterocycles. The first kappa shape index (κ1) is 9.07. The second kappa shape index (κ2) is 4.66. The summed E-state index contributed by atoms with van der Waals surface area (Å²) in [6.07, 6.45) is 8.64. The van der Waals surface area contributed by atoms with Gasteiger partial charge in [0.25, 0.3) is 0 Å². The molecule has 0 radical (unpaired) electrons. The molecule has 1 aromatic rings. The summed E-state index contributed by atoms with van der Waals surface area (Å²) in [6.45, 7) is 0.973. The van der Waals surface area contributed by atoms with Crippen LogP contribution in [0.5, 0.6) is 0 Å². The number of dihydropyridines is 1. The van der Waals surface area contributed by atoms with E-state index in [1.165, 1.54) is 11.3 Å². The fraction of sp³-hybridized carbons (Fsp3) is 0.231. The van der Waals surface area contributed by atoms with Crippen LogP contribution in [0.15, 0.2) is 54.3 Å². The predicted molar refractivity (Wildman–Crippen MR) is 60.0 cm³/mol. The summed E-state index contributed by atoms with van der Waals surface area (Å²) in [7, 11) is 0. The molecule has 1 N–H and O–H groups in total. The van der Waals surface area contributed by atoms with Crippen LogP contribution in [0.25, 0.3) is 0 Å². The summed E-state index contributed by atoms with van der Waals surface area (Å²) >= 11 is 0. The Morgan fingerprint density at radius 3 is 2.64 bits per heavy atom. The zero-order valence-corrected chi connectivity index (χ0v) is 8.24. The van der Waals surface area contributed by atoms with Gasteiger partial charge in [-0.2, -0.15) is 0 Å². The van der Waals surface area contributed by atoms with Gasteiger partial charge >= 0.3 is 0 Å². The van der Waals surface area contributed by atoms with E-state index in [2.05, 4.69) is 53.9 Å². The van der Waals surface area contributed by atoms with E-state index in [9.17, 15) is 0 Å². The van der Waals surface area contributed by atoms with E-state index in [1.54, 1.807) is 0 Å². The lowest BCUT2D eigenvalue weighted by atomic mass is 10.1. The molecule has 2 rings (SSSR count). The molecule has 0 fully saturated rings. The zero-order chi connectivity index (χ0) is 9.64. The van der Waals surface area contributed by atoms with Crippen LogP contribution in [-0.4, -0.2) is 6.54 Å². The molecule has 72 valence electrons. The van der Waals surface area contributed by atoms with Gasteiger partial charge in [0.15, 0.2) is 0 Å². The highest BCUT2D eigenvalue weighted by Crippen LogP contribution is 2.08. The predicted octanol–water partition coefficient (Wildman–Crippen LogP) is 2.66. The summed E-state index contributed by atoms with van der Waals surface area (Å²) in [5.74, 6) is 0. The van der Waals surface area contributed by atoms with Crippen LogP contribution in [0.3, 0.4) is 0 Å². The van der Waals surface area contributed by atoms with Crippen LogP contribution in [-0.2, 0) is 6.42 Å². The van der Waals surface area contributed by atoms with Crippen LogP contribution in [0, 0.1) is 0 Å². The highest BCUT2D eigenvalue weighted by atomic mass is 14.9. The number of allylic oxidation sites excluding steroid dienone is 3. The Labute approximate surface area is 85.2 Å². The summed E-state index contributed by atoms with van der Waals surface area (Å²) in [6, 6.07) is 10.6. The van der Waals surface area contributed by atoms with Crippen molar-refractivity contribution < 1.29 is 0 Å². The quantitative estimate of drug-likeness (QED) is 0.763. The van der Waals surface area contributed by atoms with Crippen molar-refractivity contribution in [1.29, 1.82) is 0 Å². The molecular formula is C13H15N. The highest BCUT2D eigenvalue weighted by Gasteiger charge is 1.98. The Morgan fingerprint density at radius 1 is 1.07 bits per heavy atom. The van der Waals surface area contributed by atoms with Gasteiger partial charge in [-0.1, -0.05) is 42.5 Å². The lowest BCUT2D eigenvalue weighted by Crippen LogP contribution is -2.15. The van der Waals surface area contributed by atoms with Crippen molar-refractivity contribution in [3.63, 3.8) is 0 Å². The Morgan fingerprint density at radius 2 is 1.93 bits per heavy atom. The van der Waals surface area contributed by atoms with Crippen molar-refractivity contribution in [2.24, 2.45) is 0 Å². The Balaban J connectivity index is 1.88. The van der Waals surface area contributed by atoms with Gasteiger partial charge in [0.1, 0.15) is 0 Å². The SMILES string of the molecule is C1=CCNC(CCc2ccccc2)=C1. The second-order valence-electron chi connectivity index (χ2n) is 3.49. The van der Waals surface area contributed by atoms with Crippen molar-refractivity contribution >= 4 is 0 Å². The Bertz CT molecular complexity index is 336. The van der Waals surface area contributed by atoms with Gasteiger partial charge in [-0.3, -0.25) is 0 Å². The fourth-order valence-corrected chi connectivity index (χ4v) is 1.60. The first-order valence-electron chi connectivity index (χ1n) is 5.08. The molecule has 1 aliphatic rings. The lowest BCUT2D eigenvalue weighted by molar-refractivity contribution is 0.790. The molecule has 0 amide bonds. The molecular weight excluding hydrogens is 170 g/mol. The fourth-order valence-electron chi connectivity index (χ4n) is 1.60. The van der Waals surface area contributed by atoms with Crippen molar-refractivity contribution in [1.82, 2.24) is 5.32 Å². The Kier molecular flexibility index (Phi) is 3.02. The average Bonchev–Trinajstić information content (AvgIpc) is 2.29. The number of aryl methyl sites for hydroxylation is 1. The minimum Gasteiger partial charge on any atom is -0.385 e. The van der Waals surface area contributed by atoms with Crippen LogP contribution >= 0.6 is 0 Å². The molecule has 0 saturated heterocycles. The Hall–Kier alpha value is -1.50. The second-order valence-corrected chi connectivity index (χ2v) is 3.49. The van der Waals surface area contributed by atoms with Crippen LogP contribution in [0.4, 0.5) is 0 Å². The van der Waals surface area contributed by atoms with Crippen molar-refractivity contribution in [2.75, 3.05) is 6.54 Å². The maximum atomic E-state index is 3.36. The summed E-state index contributed by atoms with van der Waals surface area (Å²) in [4.78, 5) is 0. The van der Waals surface area contributed by atoms with Gasteiger partial charge in [0.05, 0.1) is 0 Å². The molecule has 14 heavy (non-hydrogen) atoms. The van der Waals surface area contributed by atoms with E-state index < -0.39 is 0 Å². The maximum Gasteiger partial charge on any atom is 0.0330 e. The first-order chi connectivity index (χ1) is 6.95. The third-order valence-corrected chi connectivity index (χ3v) is 2.41. The minimum absolute atomic E-state index is 0.973. The van der Waals surface area contributed by atoms with Gasteiger partial charge in [-0.25, -0.2) is 0 Å². The topological polar surface area (TPSA) is 12.0 Å². The molecule has 0 saturated carbocycles. The molecule has 0 bridgehead atoms. The third kappa shape index (κ3) is 2.49. The molecule has 0 atom stereocenters. The molecule has 0 aliphatic carbocycles. The highest BCUT2D eigenvalue weighted by molar-refractivity contribution is 5.20. The van der Waals surface area contributed by atoms with E-state index >= 15 is 0 Å². The summed E-state index contributed by atoms with van der Waals surface area (Å²) < 4.78 is 0. The van der Waals surface area contributed by atoms with Gasteiger partial charge in [0, 0.05) is 12.2 Å². The van der Waals surface area contributed by atoms with E-state index in [1.807, 2.05) is 0 Å². The lowest BCUT2D eigenvalue weighted by Gasteiger charge is -2.11. The molecule has 1 aromatic carbocycles. The monoisotopic (exact) mass is 185 g/mol.